The van der Waals surface area contributed by atoms with E-state index in [1.165, 1.54) is 0 Å². The lowest BCUT2D eigenvalue weighted by Gasteiger charge is -2.28. The van der Waals surface area contributed by atoms with Crippen molar-refractivity contribution in [2.45, 2.75) is 18.4 Å². The quantitative estimate of drug-likeness (QED) is 0.757. The molecule has 2 aromatic carbocycles. The second-order valence-corrected chi connectivity index (χ2v) is 6.08. The molecule has 0 saturated carbocycles. The molecule has 0 atom stereocenters. The van der Waals surface area contributed by atoms with Gasteiger partial charge in [0, 0.05) is 12.7 Å². The van der Waals surface area contributed by atoms with Crippen LogP contribution < -0.4 is 11.2 Å². The first-order chi connectivity index (χ1) is 13.1. The van der Waals surface area contributed by atoms with Crippen LogP contribution in [-0.2, 0) is 12.0 Å². The van der Waals surface area contributed by atoms with E-state index >= 15 is 0 Å². The molecule has 3 aromatic rings. The average Bonchev–Trinajstić information content (AvgIpc) is 2.72. The average molecular weight is 356 g/mol. The fraction of sp³-hybridized carbons (Fsp3) is 0.143. The van der Waals surface area contributed by atoms with Gasteiger partial charge in [-0.15, -0.1) is 0 Å². The van der Waals surface area contributed by atoms with Crippen LogP contribution in [0.15, 0.2) is 76.4 Å². The summed E-state index contributed by atoms with van der Waals surface area (Å²) in [6, 6.07) is 22.7. The van der Waals surface area contributed by atoms with Gasteiger partial charge in [-0.3, -0.25) is 9.36 Å². The van der Waals surface area contributed by atoms with Crippen molar-refractivity contribution >= 4 is 0 Å². The molecule has 0 aliphatic heterocycles. The number of rotatable bonds is 5. The summed E-state index contributed by atoms with van der Waals surface area (Å²) >= 11 is 0. The number of nitrogens with one attached hydrogen (secondary N) is 1. The highest BCUT2D eigenvalue weighted by Gasteiger charge is 2.34. The van der Waals surface area contributed by atoms with Gasteiger partial charge in [-0.1, -0.05) is 60.7 Å². The molecule has 0 radical (unpaired) electrons. The predicted molar refractivity (Wildman–Crippen MR) is 99.9 cm³/mol. The van der Waals surface area contributed by atoms with E-state index in [4.69, 9.17) is 5.26 Å². The van der Waals surface area contributed by atoms with E-state index in [9.17, 15) is 14.9 Å². The number of nitriles is 2. The summed E-state index contributed by atoms with van der Waals surface area (Å²) in [6.45, 7) is 0.00103. The first-order valence-corrected chi connectivity index (χ1v) is 8.37. The van der Waals surface area contributed by atoms with Crippen LogP contribution in [0.2, 0.25) is 0 Å². The lowest BCUT2D eigenvalue weighted by atomic mass is 9.73. The molecule has 1 aromatic heterocycles. The maximum absolute atomic E-state index is 12.3. The van der Waals surface area contributed by atoms with E-state index in [-0.39, 0.29) is 18.5 Å². The Bertz CT molecular complexity index is 1090. The Morgan fingerprint density at radius 3 is 1.96 bits per heavy atom. The standard InChI is InChI=1S/C21H16N4O2/c22-13-16-14-24-20(27)25(19(16)26)12-11-21(15-23,17-7-3-1-4-8-17)18-9-5-2-6-10-18/h1-10,14H,11-12H2,(H,24,27). The smallest absolute Gasteiger partial charge is 0.313 e. The van der Waals surface area contributed by atoms with Crippen molar-refractivity contribution in [2.24, 2.45) is 0 Å². The number of aromatic amines is 1. The SMILES string of the molecule is N#Cc1c[nH]c(=O)n(CCC(C#N)(c2ccccc2)c2ccccc2)c1=O. The van der Waals surface area contributed by atoms with Gasteiger partial charge in [-0.25, -0.2) is 4.79 Å². The second-order valence-electron chi connectivity index (χ2n) is 6.08. The number of hydrogen-bond donors (Lipinski definition) is 1. The topological polar surface area (TPSA) is 102 Å². The Morgan fingerprint density at radius 2 is 1.48 bits per heavy atom. The Labute approximate surface area is 155 Å². The van der Waals surface area contributed by atoms with Gasteiger partial charge in [-0.2, -0.15) is 10.5 Å². The number of aromatic nitrogens is 2. The summed E-state index contributed by atoms with van der Waals surface area (Å²) in [4.78, 5) is 26.8. The molecular formula is C21H16N4O2. The molecule has 0 fully saturated rings. The third kappa shape index (κ3) is 3.29. The van der Waals surface area contributed by atoms with Crippen molar-refractivity contribution in [1.82, 2.24) is 9.55 Å². The maximum Gasteiger partial charge on any atom is 0.328 e. The van der Waals surface area contributed by atoms with Gasteiger partial charge >= 0.3 is 5.69 Å². The molecule has 0 aliphatic rings. The maximum atomic E-state index is 12.3. The van der Waals surface area contributed by atoms with Crippen LogP contribution in [0, 0.1) is 22.7 Å². The molecule has 6 nitrogen and oxygen atoms in total. The highest BCUT2D eigenvalue weighted by Crippen LogP contribution is 2.35. The van der Waals surface area contributed by atoms with Crippen LogP contribution in [0.3, 0.4) is 0 Å². The van der Waals surface area contributed by atoms with Crippen molar-refractivity contribution in [3.63, 3.8) is 0 Å². The molecule has 132 valence electrons. The number of hydrogen-bond acceptors (Lipinski definition) is 4. The molecule has 27 heavy (non-hydrogen) atoms. The summed E-state index contributed by atoms with van der Waals surface area (Å²) in [5.74, 6) is 0. The summed E-state index contributed by atoms with van der Waals surface area (Å²) in [5, 5.41) is 19.2. The number of benzene rings is 2. The van der Waals surface area contributed by atoms with Gasteiger partial charge in [0.1, 0.15) is 17.0 Å². The summed E-state index contributed by atoms with van der Waals surface area (Å²) in [7, 11) is 0. The Balaban J connectivity index is 2.10. The molecule has 0 bridgehead atoms. The van der Waals surface area contributed by atoms with Crippen LogP contribution in [0.5, 0.6) is 0 Å². The van der Waals surface area contributed by atoms with Gasteiger partial charge in [0.2, 0.25) is 0 Å². The van der Waals surface area contributed by atoms with Gasteiger partial charge in [0.15, 0.2) is 0 Å². The molecule has 0 spiro atoms. The molecule has 0 saturated heterocycles. The minimum atomic E-state index is -1.03. The molecule has 0 aliphatic carbocycles. The van der Waals surface area contributed by atoms with Crippen molar-refractivity contribution < 1.29 is 0 Å². The van der Waals surface area contributed by atoms with Gasteiger partial charge in [0.05, 0.1) is 6.07 Å². The third-order valence-corrected chi connectivity index (χ3v) is 4.62. The first kappa shape index (κ1) is 17.9. The van der Waals surface area contributed by atoms with Gasteiger partial charge in [-0.05, 0) is 17.5 Å². The Kier molecular flexibility index (Phi) is 5.01. The minimum absolute atomic E-state index is 0.00103. The summed E-state index contributed by atoms with van der Waals surface area (Å²) in [6.07, 6.45) is 1.31. The normalized spacial score (nSPS) is 10.7. The molecule has 1 N–H and O–H groups in total. The van der Waals surface area contributed by atoms with E-state index in [0.717, 1.165) is 21.9 Å². The van der Waals surface area contributed by atoms with Crippen LogP contribution in [-0.4, -0.2) is 9.55 Å². The van der Waals surface area contributed by atoms with E-state index in [2.05, 4.69) is 11.1 Å². The second kappa shape index (κ2) is 7.55. The zero-order chi connectivity index (χ0) is 19.3. The summed E-state index contributed by atoms with van der Waals surface area (Å²) in [5.41, 5.74) is -0.881. The van der Waals surface area contributed by atoms with Crippen molar-refractivity contribution in [1.29, 1.82) is 10.5 Å². The molecule has 1 heterocycles. The fourth-order valence-electron chi connectivity index (χ4n) is 3.16. The van der Waals surface area contributed by atoms with Crippen molar-refractivity contribution in [3.8, 4) is 12.1 Å². The van der Waals surface area contributed by atoms with E-state index < -0.39 is 16.7 Å². The third-order valence-electron chi connectivity index (χ3n) is 4.62. The lowest BCUT2D eigenvalue weighted by Crippen LogP contribution is -2.38. The predicted octanol–water partition coefficient (Wildman–Crippen LogP) is 2.31. The van der Waals surface area contributed by atoms with Crippen LogP contribution in [0.25, 0.3) is 0 Å². The molecule has 0 unspecified atom stereocenters. The van der Waals surface area contributed by atoms with E-state index in [1.807, 2.05) is 60.7 Å². The zero-order valence-corrected chi connectivity index (χ0v) is 14.4. The minimum Gasteiger partial charge on any atom is -0.313 e. The Morgan fingerprint density at radius 1 is 0.926 bits per heavy atom. The highest BCUT2D eigenvalue weighted by atomic mass is 16.2. The number of H-pyrrole nitrogens is 1. The van der Waals surface area contributed by atoms with Gasteiger partial charge < -0.3 is 4.98 Å². The van der Waals surface area contributed by atoms with Crippen LogP contribution in [0.4, 0.5) is 0 Å². The van der Waals surface area contributed by atoms with Crippen LogP contribution in [0.1, 0.15) is 23.1 Å². The first-order valence-electron chi connectivity index (χ1n) is 8.37. The zero-order valence-electron chi connectivity index (χ0n) is 14.4. The summed E-state index contributed by atoms with van der Waals surface area (Å²) < 4.78 is 0.969. The van der Waals surface area contributed by atoms with Crippen molar-refractivity contribution in [2.75, 3.05) is 0 Å². The highest BCUT2D eigenvalue weighted by molar-refractivity contribution is 5.45. The van der Waals surface area contributed by atoms with E-state index in [1.54, 1.807) is 6.07 Å². The largest absolute Gasteiger partial charge is 0.328 e. The molecule has 3 rings (SSSR count). The fourth-order valence-corrected chi connectivity index (χ4v) is 3.16. The monoisotopic (exact) mass is 356 g/mol. The lowest BCUT2D eigenvalue weighted by molar-refractivity contribution is 0.498. The molecule has 6 heteroatoms. The van der Waals surface area contributed by atoms with Gasteiger partial charge in [0.25, 0.3) is 5.56 Å². The van der Waals surface area contributed by atoms with E-state index in [0.29, 0.717) is 0 Å². The Hall–Kier alpha value is -3.90. The van der Waals surface area contributed by atoms with Crippen molar-refractivity contribution in [3.05, 3.63) is 104 Å². The van der Waals surface area contributed by atoms with Crippen LogP contribution >= 0.6 is 0 Å². The molecular weight excluding hydrogens is 340 g/mol. The number of nitrogens with zero attached hydrogens (tertiary/aromatic N) is 3. The molecule has 0 amide bonds.